The highest BCUT2D eigenvalue weighted by Gasteiger charge is 2.47. The van der Waals surface area contributed by atoms with Crippen molar-refractivity contribution in [3.05, 3.63) is 149 Å². The van der Waals surface area contributed by atoms with Crippen LogP contribution in [0.25, 0.3) is 38.6 Å². The van der Waals surface area contributed by atoms with Crippen molar-refractivity contribution in [1.82, 2.24) is 4.57 Å². The van der Waals surface area contributed by atoms with Crippen molar-refractivity contribution in [3.63, 3.8) is 0 Å². The van der Waals surface area contributed by atoms with Crippen LogP contribution in [-0.2, 0) is 10.8 Å². The molecule has 0 radical (unpaired) electrons. The molecule has 3 aliphatic rings. The molecule has 220 valence electrons. The Labute approximate surface area is 271 Å². The molecule has 0 fully saturated rings. The minimum absolute atomic E-state index is 0.0473. The second-order valence-corrected chi connectivity index (χ2v) is 14.7. The van der Waals surface area contributed by atoms with Crippen LogP contribution >= 0.6 is 0 Å². The first-order chi connectivity index (χ1) is 22.3. The minimum atomic E-state index is -0.129. The molecule has 6 aromatic carbocycles. The van der Waals surface area contributed by atoms with Crippen LogP contribution in [0.3, 0.4) is 0 Å². The van der Waals surface area contributed by atoms with E-state index in [0.29, 0.717) is 0 Å². The van der Waals surface area contributed by atoms with E-state index in [0.717, 1.165) is 0 Å². The van der Waals surface area contributed by atoms with Crippen molar-refractivity contribution in [2.45, 2.75) is 45.4 Å². The Morgan fingerprint density at radius 3 is 1.96 bits per heavy atom. The maximum atomic E-state index is 2.65. The highest BCUT2D eigenvalue weighted by Crippen LogP contribution is 2.54. The molecule has 1 aliphatic carbocycles. The maximum Gasteiger partial charge on any atom is 0.333 e. The number of anilines is 2. The maximum absolute atomic E-state index is 2.65. The van der Waals surface area contributed by atoms with Crippen molar-refractivity contribution in [2.24, 2.45) is 0 Å². The molecule has 2 aliphatic heterocycles. The normalized spacial score (nSPS) is 16.2. The molecule has 0 N–H and O–H groups in total. The summed E-state index contributed by atoms with van der Waals surface area (Å²) in [6.45, 7) is 12.0. The van der Waals surface area contributed by atoms with Crippen LogP contribution in [0.5, 0.6) is 0 Å². The average molecular weight is 591 g/mol. The number of aryl methyl sites for hydroxylation is 1. The lowest BCUT2D eigenvalue weighted by atomic mass is 9.43. The van der Waals surface area contributed by atoms with Gasteiger partial charge in [0.15, 0.2) is 0 Å². The largest absolute Gasteiger partial charge is 0.376 e. The van der Waals surface area contributed by atoms with Crippen molar-refractivity contribution in [2.75, 3.05) is 4.81 Å². The molecule has 46 heavy (non-hydrogen) atoms. The predicted octanol–water partition coefficient (Wildman–Crippen LogP) is 9.30. The zero-order valence-electron chi connectivity index (χ0n) is 27.0. The Bertz CT molecular complexity index is 2450. The van der Waals surface area contributed by atoms with Gasteiger partial charge in [-0.1, -0.05) is 113 Å². The zero-order valence-corrected chi connectivity index (χ0v) is 27.0. The quantitative estimate of drug-likeness (QED) is 0.173. The first kappa shape index (κ1) is 26.2. The Hall–Kier alpha value is -5.02. The molecular formula is C43H35BN2. The monoisotopic (exact) mass is 590 g/mol. The van der Waals surface area contributed by atoms with Gasteiger partial charge < -0.3 is 9.38 Å². The molecule has 2 nitrogen and oxygen atoms in total. The molecule has 0 saturated carbocycles. The molecule has 0 amide bonds. The van der Waals surface area contributed by atoms with Crippen LogP contribution in [0, 0.1) is 6.92 Å². The van der Waals surface area contributed by atoms with E-state index in [1.807, 2.05) is 0 Å². The topological polar surface area (TPSA) is 8.17 Å². The Balaban J connectivity index is 1.38. The van der Waals surface area contributed by atoms with E-state index in [4.69, 9.17) is 0 Å². The molecule has 0 unspecified atom stereocenters. The summed E-state index contributed by atoms with van der Waals surface area (Å²) in [5.41, 5.74) is 18.6. The molecule has 0 saturated heterocycles. The van der Waals surface area contributed by atoms with Gasteiger partial charge in [-0.2, -0.15) is 0 Å². The van der Waals surface area contributed by atoms with E-state index in [-0.39, 0.29) is 17.7 Å². The molecule has 3 heterocycles. The van der Waals surface area contributed by atoms with E-state index in [1.54, 1.807) is 0 Å². The van der Waals surface area contributed by atoms with Gasteiger partial charge in [0.1, 0.15) is 0 Å². The van der Waals surface area contributed by atoms with Gasteiger partial charge >= 0.3 is 6.85 Å². The number of nitrogens with zero attached hydrogens (tertiary/aromatic N) is 2. The van der Waals surface area contributed by atoms with Gasteiger partial charge in [0, 0.05) is 44.2 Å². The second kappa shape index (κ2) is 8.62. The minimum Gasteiger partial charge on any atom is -0.376 e. The van der Waals surface area contributed by atoms with E-state index in [9.17, 15) is 0 Å². The summed E-state index contributed by atoms with van der Waals surface area (Å²) in [6.07, 6.45) is 0. The van der Waals surface area contributed by atoms with Crippen molar-refractivity contribution in [1.29, 1.82) is 0 Å². The van der Waals surface area contributed by atoms with Crippen LogP contribution in [0.4, 0.5) is 11.4 Å². The molecule has 0 bridgehead atoms. The number of rotatable bonds is 1. The molecule has 1 aromatic heterocycles. The highest BCUT2D eigenvalue weighted by atomic mass is 15.1. The molecule has 10 rings (SSSR count). The van der Waals surface area contributed by atoms with Gasteiger partial charge in [0.2, 0.25) is 0 Å². The lowest BCUT2D eigenvalue weighted by molar-refractivity contribution is 0.521. The molecular weight excluding hydrogens is 555 g/mol. The summed E-state index contributed by atoms with van der Waals surface area (Å²) < 4.78 is 2.55. The number of fused-ring (bicyclic) bond motifs is 9. The lowest BCUT2D eigenvalue weighted by Crippen LogP contribution is -2.60. The smallest absolute Gasteiger partial charge is 0.333 e. The second-order valence-electron chi connectivity index (χ2n) is 14.7. The zero-order chi connectivity index (χ0) is 31.1. The van der Waals surface area contributed by atoms with Crippen molar-refractivity contribution in [3.8, 4) is 16.8 Å². The summed E-state index contributed by atoms with van der Waals surface area (Å²) >= 11 is 0. The first-order valence-corrected chi connectivity index (χ1v) is 16.6. The standard InChI is InChI=1S/C43H35BN2/c1-26-22-31-30-24-34-35(43(4,5)33-19-11-10-18-32(33)42(34,2)3)25-38(30)46(27-14-7-6-8-15-27)44-36-20-13-17-29-28-16-9-12-21-37(28)45(41(29)36)39(23-26)40(31)44/h6-25H,1-5H3. The third kappa shape index (κ3) is 3.09. The fraction of sp³-hybridized carbons (Fsp3) is 0.163. The SMILES string of the molecule is Cc1cc2c3c(c1)-n1c4ccccc4c4cccc(c41)B3N(c1ccccc1)c1cc3c(cc1-2)C(C)(C)c1ccccc1C3(C)C. The van der Waals surface area contributed by atoms with Gasteiger partial charge in [-0.3, -0.25) is 0 Å². The van der Waals surface area contributed by atoms with E-state index >= 15 is 0 Å². The Morgan fingerprint density at radius 1 is 0.543 bits per heavy atom. The summed E-state index contributed by atoms with van der Waals surface area (Å²) in [5.74, 6) is 0. The number of hydrogen-bond donors (Lipinski definition) is 0. The van der Waals surface area contributed by atoms with Gasteiger partial charge in [0.05, 0.1) is 11.0 Å². The lowest BCUT2D eigenvalue weighted by Gasteiger charge is -2.47. The number of para-hydroxylation sites is 3. The average Bonchev–Trinajstić information content (AvgIpc) is 3.41. The summed E-state index contributed by atoms with van der Waals surface area (Å²) in [5, 5.41) is 2.64. The van der Waals surface area contributed by atoms with Crippen LogP contribution < -0.4 is 15.7 Å². The summed E-state index contributed by atoms with van der Waals surface area (Å²) in [4.78, 5) is 2.65. The Morgan fingerprint density at radius 2 is 1.20 bits per heavy atom. The van der Waals surface area contributed by atoms with E-state index in [2.05, 4.69) is 165 Å². The molecule has 3 heteroatoms. The van der Waals surface area contributed by atoms with E-state index < -0.39 is 0 Å². The van der Waals surface area contributed by atoms with Crippen LogP contribution in [0.15, 0.2) is 121 Å². The predicted molar refractivity (Wildman–Crippen MR) is 195 cm³/mol. The highest BCUT2D eigenvalue weighted by molar-refractivity contribution is 6.93. The third-order valence-corrected chi connectivity index (χ3v) is 11.4. The fourth-order valence-corrected chi connectivity index (χ4v) is 9.33. The van der Waals surface area contributed by atoms with Crippen LogP contribution in [-0.4, -0.2) is 11.4 Å². The van der Waals surface area contributed by atoms with E-state index in [1.165, 1.54) is 88.7 Å². The van der Waals surface area contributed by atoms with Gasteiger partial charge in [-0.15, -0.1) is 0 Å². The molecule has 0 spiro atoms. The van der Waals surface area contributed by atoms with Gasteiger partial charge in [-0.05, 0) is 87.6 Å². The van der Waals surface area contributed by atoms with Crippen LogP contribution in [0.2, 0.25) is 0 Å². The van der Waals surface area contributed by atoms with Gasteiger partial charge in [0.25, 0.3) is 0 Å². The summed E-state index contributed by atoms with van der Waals surface area (Å²) in [6, 6.07) is 46.0. The summed E-state index contributed by atoms with van der Waals surface area (Å²) in [7, 11) is 0. The number of benzene rings is 6. The van der Waals surface area contributed by atoms with Crippen molar-refractivity contribution >= 4 is 51.0 Å². The molecule has 0 atom stereocenters. The van der Waals surface area contributed by atoms with Crippen LogP contribution in [0.1, 0.15) is 55.5 Å². The third-order valence-electron chi connectivity index (χ3n) is 11.4. The van der Waals surface area contributed by atoms with Gasteiger partial charge in [-0.25, -0.2) is 0 Å². The number of aromatic nitrogens is 1. The fourth-order valence-electron chi connectivity index (χ4n) is 9.33. The van der Waals surface area contributed by atoms with Crippen molar-refractivity contribution < 1.29 is 0 Å². The first-order valence-electron chi connectivity index (χ1n) is 16.6. The molecule has 7 aromatic rings. The Kier molecular flexibility index (Phi) is 4.91. The number of hydrogen-bond acceptors (Lipinski definition) is 1.